The van der Waals surface area contributed by atoms with Crippen LogP contribution in [0.4, 0.5) is 0 Å². The Morgan fingerprint density at radius 3 is 2.76 bits per heavy atom. The lowest BCUT2D eigenvalue weighted by Crippen LogP contribution is -2.36. The molecule has 0 saturated carbocycles. The smallest absolute Gasteiger partial charge is 0.260 e. The summed E-state index contributed by atoms with van der Waals surface area (Å²) >= 11 is 11.5. The van der Waals surface area contributed by atoms with E-state index in [1.54, 1.807) is 0 Å². The molecule has 1 aromatic heterocycles. The van der Waals surface area contributed by atoms with Crippen LogP contribution in [0.3, 0.4) is 0 Å². The Kier molecular flexibility index (Phi) is 5.61. The van der Waals surface area contributed by atoms with Crippen LogP contribution in [0, 0.1) is 13.8 Å². The van der Waals surface area contributed by atoms with Crippen LogP contribution in [0.15, 0.2) is 24.3 Å². The van der Waals surface area contributed by atoms with Crippen LogP contribution in [0.25, 0.3) is 0 Å². The summed E-state index contributed by atoms with van der Waals surface area (Å²) in [5.74, 6) is 0. The summed E-state index contributed by atoms with van der Waals surface area (Å²) in [6.07, 6.45) is 0. The van der Waals surface area contributed by atoms with E-state index in [0.717, 1.165) is 36.0 Å². The largest absolute Gasteiger partial charge is 0.469 e. The van der Waals surface area contributed by atoms with E-state index in [0.29, 0.717) is 18.3 Å². The van der Waals surface area contributed by atoms with Gasteiger partial charge in [-0.3, -0.25) is 9.58 Å². The lowest BCUT2D eigenvalue weighted by Gasteiger charge is -2.23. The van der Waals surface area contributed by atoms with Gasteiger partial charge >= 0.3 is 0 Å². The van der Waals surface area contributed by atoms with Gasteiger partial charge in [0.15, 0.2) is 0 Å². The third-order valence-electron chi connectivity index (χ3n) is 4.49. The van der Waals surface area contributed by atoms with Gasteiger partial charge < -0.3 is 9.64 Å². The van der Waals surface area contributed by atoms with E-state index in [-0.39, 0.29) is 0 Å². The van der Waals surface area contributed by atoms with Crippen molar-refractivity contribution in [3.63, 3.8) is 0 Å². The van der Waals surface area contributed by atoms with E-state index in [9.17, 15) is 0 Å². The van der Waals surface area contributed by atoms with E-state index >= 15 is 0 Å². The van der Waals surface area contributed by atoms with Crippen molar-refractivity contribution in [2.75, 3.05) is 26.9 Å². The summed E-state index contributed by atoms with van der Waals surface area (Å²) in [6.45, 7) is 7.96. The number of halogens is 1. The molecule has 0 radical (unpaired) electrons. The van der Waals surface area contributed by atoms with Crippen LogP contribution < -0.4 is 0 Å². The van der Waals surface area contributed by atoms with Crippen LogP contribution in [-0.4, -0.2) is 51.6 Å². The average molecular weight is 379 g/mol. The van der Waals surface area contributed by atoms with Crippen LogP contribution in [0.5, 0.6) is 0 Å². The summed E-state index contributed by atoms with van der Waals surface area (Å²) in [6, 6.07) is 7.90. The maximum atomic E-state index is 6.29. The SMILES string of the molecule is Cc1nn(Cc2ccccc2Cl)c(C)c1CN(C)CN1CCOC1=S. The fourth-order valence-electron chi connectivity index (χ4n) is 3.07. The van der Waals surface area contributed by atoms with Crippen molar-refractivity contribution in [3.05, 3.63) is 51.8 Å². The molecule has 134 valence electrons. The predicted octanol–water partition coefficient (Wildman–Crippen LogP) is 3.21. The highest BCUT2D eigenvalue weighted by Crippen LogP contribution is 2.20. The molecule has 1 aliphatic heterocycles. The van der Waals surface area contributed by atoms with Crippen molar-refractivity contribution in [2.24, 2.45) is 0 Å². The maximum Gasteiger partial charge on any atom is 0.260 e. The van der Waals surface area contributed by atoms with E-state index in [2.05, 4.69) is 30.7 Å². The standard InChI is InChI=1S/C18H23ClN4OS/c1-13-16(11-21(3)12-22-8-9-24-18(22)25)14(2)23(20-13)10-15-6-4-5-7-17(15)19/h4-7H,8-12H2,1-3H3. The highest BCUT2D eigenvalue weighted by Gasteiger charge is 2.21. The number of ether oxygens (including phenoxy) is 1. The monoisotopic (exact) mass is 378 g/mol. The number of aryl methyl sites for hydroxylation is 1. The molecule has 0 aliphatic carbocycles. The van der Waals surface area contributed by atoms with Crippen molar-refractivity contribution in [2.45, 2.75) is 26.9 Å². The maximum absolute atomic E-state index is 6.29. The molecular weight excluding hydrogens is 356 g/mol. The summed E-state index contributed by atoms with van der Waals surface area (Å²) in [7, 11) is 2.09. The molecular formula is C18H23ClN4OS. The number of thiocarbonyl (C=S) groups is 1. The second-order valence-corrected chi connectivity index (χ2v) is 7.19. The summed E-state index contributed by atoms with van der Waals surface area (Å²) < 4.78 is 7.38. The molecule has 7 heteroatoms. The number of hydrogen-bond acceptors (Lipinski definition) is 4. The van der Waals surface area contributed by atoms with Gasteiger partial charge in [0.25, 0.3) is 5.17 Å². The quantitative estimate of drug-likeness (QED) is 0.721. The van der Waals surface area contributed by atoms with Gasteiger partial charge in [-0.15, -0.1) is 0 Å². The van der Waals surface area contributed by atoms with Crippen LogP contribution in [0.1, 0.15) is 22.5 Å². The zero-order valence-corrected chi connectivity index (χ0v) is 16.4. The van der Waals surface area contributed by atoms with Crippen molar-refractivity contribution >= 4 is 29.0 Å². The second kappa shape index (κ2) is 7.72. The highest BCUT2D eigenvalue weighted by atomic mass is 35.5. The van der Waals surface area contributed by atoms with E-state index in [4.69, 9.17) is 33.7 Å². The number of nitrogens with zero attached hydrogens (tertiary/aromatic N) is 4. The minimum atomic E-state index is 0.592. The molecule has 0 amide bonds. The van der Waals surface area contributed by atoms with Gasteiger partial charge in [0.1, 0.15) is 6.61 Å². The third-order valence-corrected chi connectivity index (χ3v) is 5.24. The van der Waals surface area contributed by atoms with Crippen molar-refractivity contribution in [1.29, 1.82) is 0 Å². The Morgan fingerprint density at radius 2 is 2.08 bits per heavy atom. The van der Waals surface area contributed by atoms with Gasteiger partial charge in [0, 0.05) is 22.8 Å². The minimum absolute atomic E-state index is 0.592. The lowest BCUT2D eigenvalue weighted by atomic mass is 10.2. The average Bonchev–Trinajstić information content (AvgIpc) is 3.08. The summed E-state index contributed by atoms with van der Waals surface area (Å²) in [5, 5.41) is 6.08. The summed E-state index contributed by atoms with van der Waals surface area (Å²) in [5.41, 5.74) is 4.55. The molecule has 0 atom stereocenters. The second-order valence-electron chi connectivity index (χ2n) is 6.43. The van der Waals surface area contributed by atoms with E-state index in [1.807, 2.05) is 28.9 Å². The molecule has 1 fully saturated rings. The molecule has 0 N–H and O–H groups in total. The first-order valence-corrected chi connectivity index (χ1v) is 9.11. The molecule has 0 unspecified atom stereocenters. The predicted molar refractivity (Wildman–Crippen MR) is 104 cm³/mol. The fraction of sp³-hybridized carbons (Fsp3) is 0.444. The van der Waals surface area contributed by atoms with E-state index < -0.39 is 0 Å². The van der Waals surface area contributed by atoms with Gasteiger partial charge in [-0.05, 0) is 44.7 Å². The van der Waals surface area contributed by atoms with Crippen LogP contribution >= 0.6 is 23.8 Å². The van der Waals surface area contributed by atoms with Gasteiger partial charge in [0.2, 0.25) is 0 Å². The highest BCUT2D eigenvalue weighted by molar-refractivity contribution is 7.80. The van der Waals surface area contributed by atoms with E-state index in [1.165, 1.54) is 11.3 Å². The normalized spacial score (nSPS) is 14.4. The first-order valence-electron chi connectivity index (χ1n) is 8.32. The zero-order chi connectivity index (χ0) is 18.0. The topological polar surface area (TPSA) is 33.5 Å². The van der Waals surface area contributed by atoms with Crippen molar-refractivity contribution in [1.82, 2.24) is 19.6 Å². The third kappa shape index (κ3) is 4.14. The first-order chi connectivity index (χ1) is 12.0. The van der Waals surface area contributed by atoms with Gasteiger partial charge in [0.05, 0.1) is 25.5 Å². The molecule has 2 heterocycles. The Bertz CT molecular complexity index is 776. The van der Waals surface area contributed by atoms with Crippen LogP contribution in [-0.2, 0) is 17.8 Å². The molecule has 2 aromatic rings. The first kappa shape index (κ1) is 18.2. The zero-order valence-electron chi connectivity index (χ0n) is 14.8. The Balaban J connectivity index is 1.71. The molecule has 1 aliphatic rings. The molecule has 3 rings (SSSR count). The number of hydrogen-bond donors (Lipinski definition) is 0. The van der Waals surface area contributed by atoms with Crippen LogP contribution in [0.2, 0.25) is 5.02 Å². The van der Waals surface area contributed by atoms with Gasteiger partial charge in [-0.2, -0.15) is 5.10 Å². The van der Waals surface area contributed by atoms with Gasteiger partial charge in [-0.1, -0.05) is 29.8 Å². The Labute approximate surface area is 159 Å². The Hall–Kier alpha value is -1.63. The number of rotatable bonds is 6. The fourth-order valence-corrected chi connectivity index (χ4v) is 3.50. The number of benzene rings is 1. The molecule has 25 heavy (non-hydrogen) atoms. The Morgan fingerprint density at radius 1 is 1.32 bits per heavy atom. The molecule has 1 aromatic carbocycles. The van der Waals surface area contributed by atoms with Crippen molar-refractivity contribution in [3.8, 4) is 0 Å². The van der Waals surface area contributed by atoms with Gasteiger partial charge in [-0.25, -0.2) is 0 Å². The number of aromatic nitrogens is 2. The molecule has 0 bridgehead atoms. The van der Waals surface area contributed by atoms with Crippen molar-refractivity contribution < 1.29 is 4.74 Å². The lowest BCUT2D eigenvalue weighted by molar-refractivity contribution is 0.227. The molecule has 5 nitrogen and oxygen atoms in total. The summed E-state index contributed by atoms with van der Waals surface area (Å²) in [4.78, 5) is 4.31. The molecule has 0 spiro atoms. The minimum Gasteiger partial charge on any atom is -0.469 e. The molecule has 1 saturated heterocycles.